The first kappa shape index (κ1) is 15.2. The Hall–Kier alpha value is -2.32. The Morgan fingerprint density at radius 3 is 2.88 bits per heavy atom. The molecule has 0 saturated carbocycles. The second kappa shape index (κ2) is 6.66. The number of thiazole rings is 1. The number of fused-ring (bicyclic) bond motifs is 1. The molecule has 3 heterocycles. The molecule has 0 spiro atoms. The fourth-order valence-electron chi connectivity index (χ4n) is 3.04. The Morgan fingerprint density at radius 1 is 1.29 bits per heavy atom. The third kappa shape index (κ3) is 3.29. The van der Waals surface area contributed by atoms with Crippen LogP contribution < -0.4 is 5.32 Å². The molecule has 1 N–H and O–H groups in total. The maximum Gasteiger partial charge on any atom is 0.240 e. The van der Waals surface area contributed by atoms with Crippen molar-refractivity contribution >= 4 is 32.6 Å². The van der Waals surface area contributed by atoms with Gasteiger partial charge < -0.3 is 5.32 Å². The summed E-state index contributed by atoms with van der Waals surface area (Å²) in [5.74, 6) is -0.00624. The van der Waals surface area contributed by atoms with Gasteiger partial charge in [-0.15, -0.1) is 0 Å². The smallest absolute Gasteiger partial charge is 0.240 e. The number of likely N-dealkylation sites (tertiary alicyclic amines) is 1. The van der Waals surface area contributed by atoms with Crippen LogP contribution in [0.25, 0.3) is 10.2 Å². The molecular formula is C16H18N6OS. The van der Waals surface area contributed by atoms with Gasteiger partial charge in [0.1, 0.15) is 12.7 Å². The van der Waals surface area contributed by atoms with Crippen molar-refractivity contribution in [1.29, 1.82) is 0 Å². The number of carbonyl (C=O) groups excluding carboxylic acids is 1. The van der Waals surface area contributed by atoms with Gasteiger partial charge in [-0.1, -0.05) is 23.5 Å². The van der Waals surface area contributed by atoms with Gasteiger partial charge in [0.25, 0.3) is 0 Å². The monoisotopic (exact) mass is 342 g/mol. The predicted octanol–water partition coefficient (Wildman–Crippen LogP) is 2.16. The van der Waals surface area contributed by atoms with Crippen LogP contribution in [0, 0.1) is 0 Å². The van der Waals surface area contributed by atoms with E-state index in [9.17, 15) is 4.79 Å². The van der Waals surface area contributed by atoms with Crippen molar-refractivity contribution in [2.45, 2.75) is 18.9 Å². The maximum absolute atomic E-state index is 12.3. The molecule has 124 valence electrons. The summed E-state index contributed by atoms with van der Waals surface area (Å²) in [4.78, 5) is 22.9. The van der Waals surface area contributed by atoms with Crippen molar-refractivity contribution in [3.05, 3.63) is 36.9 Å². The number of rotatable bonds is 4. The largest absolute Gasteiger partial charge is 0.301 e. The van der Waals surface area contributed by atoms with E-state index in [1.165, 1.54) is 11.3 Å². The Morgan fingerprint density at radius 2 is 2.12 bits per heavy atom. The highest BCUT2D eigenvalue weighted by Crippen LogP contribution is 2.25. The molecule has 0 unspecified atom stereocenters. The SMILES string of the molecule is O=C(CN1CCC(n2cncn2)CC1)Nc1nc2ccccc2s1. The highest BCUT2D eigenvalue weighted by Gasteiger charge is 2.22. The zero-order chi connectivity index (χ0) is 16.4. The van der Waals surface area contributed by atoms with Crippen LogP contribution in [0.15, 0.2) is 36.9 Å². The fourth-order valence-corrected chi connectivity index (χ4v) is 3.92. The van der Waals surface area contributed by atoms with Crippen LogP contribution in [0.3, 0.4) is 0 Å². The molecule has 0 bridgehead atoms. The Balaban J connectivity index is 1.30. The molecule has 0 aliphatic carbocycles. The lowest BCUT2D eigenvalue weighted by atomic mass is 10.1. The molecule has 7 nitrogen and oxygen atoms in total. The van der Waals surface area contributed by atoms with Crippen molar-refractivity contribution in [3.8, 4) is 0 Å². The zero-order valence-corrected chi connectivity index (χ0v) is 13.9. The number of hydrogen-bond donors (Lipinski definition) is 1. The molecule has 4 rings (SSSR count). The number of para-hydroxylation sites is 1. The number of amides is 1. The van der Waals surface area contributed by atoms with Crippen LogP contribution >= 0.6 is 11.3 Å². The molecular weight excluding hydrogens is 324 g/mol. The number of piperidine rings is 1. The first-order chi connectivity index (χ1) is 11.8. The van der Waals surface area contributed by atoms with E-state index in [4.69, 9.17) is 0 Å². The standard InChI is InChI=1S/C16H18N6OS/c23-15(20-16-19-13-3-1-2-4-14(13)24-16)9-21-7-5-12(6-8-21)22-11-17-10-18-22/h1-4,10-12H,5-9H2,(H,19,20,23). The summed E-state index contributed by atoms with van der Waals surface area (Å²) in [5.41, 5.74) is 0.923. The summed E-state index contributed by atoms with van der Waals surface area (Å²) >= 11 is 1.51. The zero-order valence-electron chi connectivity index (χ0n) is 13.1. The van der Waals surface area contributed by atoms with Crippen LogP contribution in [0.5, 0.6) is 0 Å². The van der Waals surface area contributed by atoms with Crippen molar-refractivity contribution in [1.82, 2.24) is 24.6 Å². The number of benzene rings is 1. The molecule has 2 aromatic heterocycles. The summed E-state index contributed by atoms with van der Waals surface area (Å²) in [6.45, 7) is 2.18. The summed E-state index contributed by atoms with van der Waals surface area (Å²) in [7, 11) is 0. The lowest BCUT2D eigenvalue weighted by molar-refractivity contribution is -0.117. The second-order valence-corrected chi connectivity index (χ2v) is 6.95. The Bertz CT molecular complexity index is 789. The number of anilines is 1. The lowest BCUT2D eigenvalue weighted by Gasteiger charge is -2.31. The van der Waals surface area contributed by atoms with E-state index in [1.807, 2.05) is 28.9 Å². The highest BCUT2D eigenvalue weighted by atomic mass is 32.1. The minimum Gasteiger partial charge on any atom is -0.301 e. The van der Waals surface area contributed by atoms with E-state index in [0.29, 0.717) is 17.7 Å². The van der Waals surface area contributed by atoms with Gasteiger partial charge in [0.15, 0.2) is 5.13 Å². The van der Waals surface area contributed by atoms with Gasteiger partial charge in [-0.2, -0.15) is 5.10 Å². The molecule has 1 aromatic carbocycles. The molecule has 1 fully saturated rings. The normalized spacial score (nSPS) is 16.5. The minimum atomic E-state index is -0.00624. The van der Waals surface area contributed by atoms with E-state index in [0.717, 1.165) is 36.1 Å². The average Bonchev–Trinajstić information content (AvgIpc) is 3.24. The Labute approximate surface area is 143 Å². The van der Waals surface area contributed by atoms with Crippen molar-refractivity contribution in [3.63, 3.8) is 0 Å². The van der Waals surface area contributed by atoms with Gasteiger partial charge in [0.2, 0.25) is 5.91 Å². The molecule has 8 heteroatoms. The Kier molecular flexibility index (Phi) is 4.22. The first-order valence-electron chi connectivity index (χ1n) is 8.00. The number of carbonyl (C=O) groups is 1. The summed E-state index contributed by atoms with van der Waals surface area (Å²) in [6.07, 6.45) is 5.30. The quantitative estimate of drug-likeness (QED) is 0.786. The van der Waals surface area contributed by atoms with E-state index in [1.54, 1.807) is 12.7 Å². The van der Waals surface area contributed by atoms with E-state index >= 15 is 0 Å². The van der Waals surface area contributed by atoms with Crippen molar-refractivity contribution < 1.29 is 4.79 Å². The van der Waals surface area contributed by atoms with E-state index in [-0.39, 0.29) is 5.91 Å². The predicted molar refractivity (Wildman–Crippen MR) is 93.0 cm³/mol. The molecule has 1 amide bonds. The average molecular weight is 342 g/mol. The first-order valence-corrected chi connectivity index (χ1v) is 8.81. The topological polar surface area (TPSA) is 75.9 Å². The van der Waals surface area contributed by atoms with Crippen LogP contribution in [0.1, 0.15) is 18.9 Å². The summed E-state index contributed by atoms with van der Waals surface area (Å²) in [5, 5.41) is 7.79. The van der Waals surface area contributed by atoms with Crippen LogP contribution in [-0.2, 0) is 4.79 Å². The molecule has 0 radical (unpaired) electrons. The molecule has 0 atom stereocenters. The molecule has 24 heavy (non-hydrogen) atoms. The van der Waals surface area contributed by atoms with Crippen molar-refractivity contribution in [2.24, 2.45) is 0 Å². The molecule has 1 aliphatic rings. The van der Waals surface area contributed by atoms with Gasteiger partial charge >= 0.3 is 0 Å². The molecule has 1 saturated heterocycles. The third-order valence-corrected chi connectivity index (χ3v) is 5.23. The van der Waals surface area contributed by atoms with Crippen LogP contribution in [0.2, 0.25) is 0 Å². The van der Waals surface area contributed by atoms with E-state index in [2.05, 4.69) is 25.3 Å². The lowest BCUT2D eigenvalue weighted by Crippen LogP contribution is -2.39. The van der Waals surface area contributed by atoms with E-state index < -0.39 is 0 Å². The van der Waals surface area contributed by atoms with Gasteiger partial charge in [-0.25, -0.2) is 14.6 Å². The van der Waals surface area contributed by atoms with Crippen LogP contribution in [0.4, 0.5) is 5.13 Å². The fraction of sp³-hybridized carbons (Fsp3) is 0.375. The molecule has 3 aromatic rings. The third-order valence-electron chi connectivity index (χ3n) is 4.28. The second-order valence-electron chi connectivity index (χ2n) is 5.92. The number of nitrogens with one attached hydrogen (secondary N) is 1. The van der Waals surface area contributed by atoms with Gasteiger partial charge in [-0.3, -0.25) is 9.69 Å². The van der Waals surface area contributed by atoms with Gasteiger partial charge in [0, 0.05) is 13.1 Å². The number of aromatic nitrogens is 4. The van der Waals surface area contributed by atoms with Crippen molar-refractivity contribution in [2.75, 3.05) is 25.0 Å². The highest BCUT2D eigenvalue weighted by molar-refractivity contribution is 7.22. The number of nitrogens with zero attached hydrogens (tertiary/aromatic N) is 5. The molecule has 1 aliphatic heterocycles. The maximum atomic E-state index is 12.3. The number of hydrogen-bond acceptors (Lipinski definition) is 6. The van der Waals surface area contributed by atoms with Gasteiger partial charge in [-0.05, 0) is 25.0 Å². The van der Waals surface area contributed by atoms with Crippen LogP contribution in [-0.4, -0.2) is 50.2 Å². The summed E-state index contributed by atoms with van der Waals surface area (Å²) in [6, 6.07) is 8.28. The summed E-state index contributed by atoms with van der Waals surface area (Å²) < 4.78 is 3.00. The minimum absolute atomic E-state index is 0.00624. The van der Waals surface area contributed by atoms with Gasteiger partial charge in [0.05, 0.1) is 22.8 Å².